The van der Waals surface area contributed by atoms with Crippen molar-refractivity contribution < 1.29 is 37.7 Å². The van der Waals surface area contributed by atoms with Crippen LogP contribution in [0.25, 0.3) is 0 Å². The van der Waals surface area contributed by atoms with Gasteiger partial charge in [0.15, 0.2) is 5.92 Å². The molecule has 0 saturated carbocycles. The number of benzene rings is 2. The Morgan fingerprint density at radius 3 is 1.69 bits per heavy atom. The summed E-state index contributed by atoms with van der Waals surface area (Å²) in [5.74, 6) is -4.44. The Bertz CT molecular complexity index is 1110. The molecule has 2 aromatic carbocycles. The normalized spacial score (nSPS) is 14.2. The zero-order valence-corrected chi connectivity index (χ0v) is 24.7. The minimum Gasteiger partial charge on any atom is -0.459 e. The minimum absolute atomic E-state index is 0.000453. The summed E-state index contributed by atoms with van der Waals surface area (Å²) in [5, 5.41) is 2.65. The lowest BCUT2D eigenvalue weighted by Gasteiger charge is -2.31. The van der Waals surface area contributed by atoms with Crippen molar-refractivity contribution in [3.8, 4) is 0 Å². The molecule has 0 aliphatic rings. The molecule has 1 amide bonds. The first-order chi connectivity index (χ1) is 18.1. The Morgan fingerprint density at radius 2 is 1.26 bits per heavy atom. The van der Waals surface area contributed by atoms with Crippen LogP contribution in [0.3, 0.4) is 0 Å². The lowest BCUT2D eigenvalue weighted by molar-refractivity contribution is -0.173. The number of hydrogen-bond donors (Lipinski definition) is 1. The van der Waals surface area contributed by atoms with Crippen LogP contribution in [0.4, 0.5) is 4.79 Å². The maximum Gasteiger partial charge on any atom is 0.408 e. The van der Waals surface area contributed by atoms with Gasteiger partial charge >= 0.3 is 18.0 Å². The first-order valence-electron chi connectivity index (χ1n) is 12.7. The summed E-state index contributed by atoms with van der Waals surface area (Å²) >= 11 is 0. The van der Waals surface area contributed by atoms with E-state index in [9.17, 15) is 18.9 Å². The van der Waals surface area contributed by atoms with Gasteiger partial charge in [0.1, 0.15) is 23.6 Å². The van der Waals surface area contributed by atoms with E-state index in [1.165, 1.54) is 7.11 Å². The maximum atomic E-state index is 14.3. The van der Waals surface area contributed by atoms with Gasteiger partial charge in [-0.15, -0.1) is 0 Å². The zero-order valence-electron chi connectivity index (χ0n) is 23.8. The highest BCUT2D eigenvalue weighted by atomic mass is 31.2. The summed E-state index contributed by atoms with van der Waals surface area (Å²) in [6.45, 7) is 9.97. The number of hydrogen-bond acceptors (Lipinski definition) is 8. The number of esters is 2. The van der Waals surface area contributed by atoms with Crippen LogP contribution in [0.15, 0.2) is 60.7 Å². The van der Waals surface area contributed by atoms with Gasteiger partial charge in [0.05, 0.1) is 6.16 Å². The van der Waals surface area contributed by atoms with E-state index in [1.807, 2.05) is 48.5 Å². The van der Waals surface area contributed by atoms with Crippen LogP contribution >= 0.6 is 7.37 Å². The molecule has 2 rings (SSSR count). The lowest BCUT2D eigenvalue weighted by Crippen LogP contribution is -2.42. The van der Waals surface area contributed by atoms with Gasteiger partial charge in [0.2, 0.25) is 7.37 Å². The Balaban J connectivity index is 2.37. The van der Waals surface area contributed by atoms with Gasteiger partial charge in [-0.05, 0) is 52.7 Å². The highest BCUT2D eigenvalue weighted by Gasteiger charge is 2.45. The molecule has 0 aliphatic heterocycles. The second-order valence-electron chi connectivity index (χ2n) is 11.1. The van der Waals surface area contributed by atoms with E-state index in [1.54, 1.807) is 53.7 Å². The highest BCUT2D eigenvalue weighted by molar-refractivity contribution is 7.59. The molecule has 0 spiro atoms. The van der Waals surface area contributed by atoms with E-state index in [4.69, 9.17) is 18.7 Å². The molecule has 1 N–H and O–H groups in total. The molecule has 2 atom stereocenters. The Hall–Kier alpha value is -3.16. The number of amides is 1. The fourth-order valence-electron chi connectivity index (χ4n) is 3.60. The van der Waals surface area contributed by atoms with Crippen molar-refractivity contribution >= 4 is 25.4 Å². The molecular formula is C29H40NO8P. The summed E-state index contributed by atoms with van der Waals surface area (Å²) in [4.78, 5) is 39.1. The van der Waals surface area contributed by atoms with Crippen molar-refractivity contribution in [3.05, 3.63) is 71.8 Å². The van der Waals surface area contributed by atoms with E-state index in [-0.39, 0.29) is 13.0 Å². The number of nitrogens with one attached hydrogen (secondary N) is 1. The number of rotatable bonds is 11. The van der Waals surface area contributed by atoms with E-state index in [0.717, 1.165) is 11.1 Å². The topological polar surface area (TPSA) is 117 Å². The van der Waals surface area contributed by atoms with Gasteiger partial charge < -0.3 is 24.1 Å². The molecule has 9 nitrogen and oxygen atoms in total. The summed E-state index contributed by atoms with van der Waals surface area (Å²) in [6, 6.07) is 18.2. The van der Waals surface area contributed by atoms with Crippen molar-refractivity contribution in [1.82, 2.24) is 5.32 Å². The Kier molecular flexibility index (Phi) is 11.3. The Morgan fingerprint density at radius 1 is 0.795 bits per heavy atom. The van der Waals surface area contributed by atoms with Crippen molar-refractivity contribution in [3.63, 3.8) is 0 Å². The van der Waals surface area contributed by atoms with Gasteiger partial charge in [-0.2, -0.15) is 0 Å². The van der Waals surface area contributed by atoms with Crippen LogP contribution in [0.2, 0.25) is 0 Å². The first-order valence-corrected chi connectivity index (χ1v) is 14.6. The van der Waals surface area contributed by atoms with Crippen molar-refractivity contribution in [1.29, 1.82) is 0 Å². The highest BCUT2D eigenvalue weighted by Crippen LogP contribution is 2.53. The van der Waals surface area contributed by atoms with Gasteiger partial charge in [0.25, 0.3) is 0 Å². The van der Waals surface area contributed by atoms with Gasteiger partial charge in [0, 0.05) is 13.5 Å². The molecule has 214 valence electrons. The molecule has 0 aliphatic carbocycles. The molecule has 0 bridgehead atoms. The third kappa shape index (κ3) is 11.2. The largest absolute Gasteiger partial charge is 0.459 e. The molecule has 0 heterocycles. The van der Waals surface area contributed by atoms with E-state index in [2.05, 4.69) is 5.32 Å². The molecule has 2 aromatic rings. The standard InChI is InChI=1S/C29H40NO8P/c1-28(2,3)37-25(31)23(26(32)38-29(4,5)6)20-39(34,35-7)24(18-21-14-10-8-11-15-21)30-27(33)36-19-22-16-12-9-13-17-22/h8-17,23-24H,18-20H2,1-7H3,(H,30,33). The molecule has 0 saturated heterocycles. The molecule has 0 fully saturated rings. The van der Waals surface area contributed by atoms with Crippen molar-refractivity contribution in [2.24, 2.45) is 5.92 Å². The molecule has 39 heavy (non-hydrogen) atoms. The second kappa shape index (κ2) is 13.8. The monoisotopic (exact) mass is 561 g/mol. The first kappa shape index (κ1) is 32.1. The fraction of sp³-hybridized carbons (Fsp3) is 0.483. The SMILES string of the molecule is COP(=O)(CC(C(=O)OC(C)(C)C)C(=O)OC(C)(C)C)C(Cc1ccccc1)NC(=O)OCc1ccccc1. The van der Waals surface area contributed by atoms with E-state index in [0.29, 0.717) is 0 Å². The van der Waals surface area contributed by atoms with Gasteiger partial charge in [-0.25, -0.2) is 4.79 Å². The molecule has 2 unspecified atom stereocenters. The predicted molar refractivity (Wildman–Crippen MR) is 148 cm³/mol. The average Bonchev–Trinajstić information content (AvgIpc) is 2.84. The van der Waals surface area contributed by atoms with Crippen LogP contribution in [-0.2, 0) is 45.9 Å². The smallest absolute Gasteiger partial charge is 0.408 e. The summed E-state index contributed by atoms with van der Waals surface area (Å²) in [6.07, 6.45) is -1.26. The molecule has 0 aromatic heterocycles. The van der Waals surface area contributed by atoms with Crippen LogP contribution in [0, 0.1) is 5.92 Å². The summed E-state index contributed by atoms with van der Waals surface area (Å²) in [7, 11) is -2.71. The number of ether oxygens (including phenoxy) is 3. The second-order valence-corrected chi connectivity index (χ2v) is 13.9. The van der Waals surface area contributed by atoms with Gasteiger partial charge in [-0.3, -0.25) is 14.2 Å². The predicted octanol–water partition coefficient (Wildman–Crippen LogP) is 5.71. The third-order valence-corrected chi connectivity index (χ3v) is 8.13. The maximum absolute atomic E-state index is 14.3. The summed E-state index contributed by atoms with van der Waals surface area (Å²) < 4.78 is 36.1. The minimum atomic E-state index is -3.93. The van der Waals surface area contributed by atoms with Crippen molar-refractivity contribution in [2.75, 3.05) is 13.3 Å². The van der Waals surface area contributed by atoms with E-state index < -0.39 is 54.5 Å². The number of alkyl carbamates (subject to hydrolysis) is 1. The zero-order chi connectivity index (χ0) is 29.3. The van der Waals surface area contributed by atoms with Crippen LogP contribution in [-0.4, -0.2) is 48.3 Å². The molecule has 0 radical (unpaired) electrons. The molecular weight excluding hydrogens is 521 g/mol. The van der Waals surface area contributed by atoms with Crippen LogP contribution in [0.1, 0.15) is 52.7 Å². The number of carbonyl (C=O) groups excluding carboxylic acids is 3. The van der Waals surface area contributed by atoms with Crippen LogP contribution < -0.4 is 5.32 Å². The van der Waals surface area contributed by atoms with Gasteiger partial charge in [-0.1, -0.05) is 60.7 Å². The fourth-order valence-corrected chi connectivity index (χ4v) is 5.86. The average molecular weight is 562 g/mol. The lowest BCUT2D eigenvalue weighted by atomic mass is 10.1. The summed E-state index contributed by atoms with van der Waals surface area (Å²) in [5.41, 5.74) is -0.277. The quantitative estimate of drug-likeness (QED) is 0.161. The molecule has 10 heteroatoms. The number of carbonyl (C=O) groups is 3. The van der Waals surface area contributed by atoms with E-state index >= 15 is 0 Å². The Labute approximate surface area is 231 Å². The van der Waals surface area contributed by atoms with Crippen molar-refractivity contribution in [2.45, 2.75) is 71.6 Å². The third-order valence-electron chi connectivity index (χ3n) is 5.37. The van der Waals surface area contributed by atoms with Crippen LogP contribution in [0.5, 0.6) is 0 Å².